The van der Waals surface area contributed by atoms with Gasteiger partial charge in [0.2, 0.25) is 0 Å². The summed E-state index contributed by atoms with van der Waals surface area (Å²) in [5, 5.41) is 1.85. The first-order valence-electron chi connectivity index (χ1n) is 6.86. The van der Waals surface area contributed by atoms with E-state index in [0.717, 1.165) is 16.5 Å². The third kappa shape index (κ3) is 1.86. The summed E-state index contributed by atoms with van der Waals surface area (Å²) in [4.78, 5) is 12.4. The van der Waals surface area contributed by atoms with Crippen molar-refractivity contribution in [2.24, 2.45) is 0 Å². The Morgan fingerprint density at radius 3 is 2.64 bits per heavy atom. The maximum atomic E-state index is 12.4. The molecule has 0 aliphatic rings. The fourth-order valence-electron chi connectivity index (χ4n) is 2.81. The van der Waals surface area contributed by atoms with E-state index >= 15 is 0 Å². The van der Waals surface area contributed by atoms with E-state index in [9.17, 15) is 4.79 Å². The molecule has 0 amide bonds. The zero-order valence-corrected chi connectivity index (χ0v) is 12.5. The average molecular weight is 311 g/mol. The summed E-state index contributed by atoms with van der Waals surface area (Å²) in [5.41, 5.74) is 2.24. The molecule has 2 aromatic carbocycles. The molecule has 0 spiro atoms. The maximum absolute atomic E-state index is 12.4. The second-order valence-corrected chi connectivity index (χ2v) is 5.57. The molecular formula is C18H11ClO3. The van der Waals surface area contributed by atoms with Gasteiger partial charge in [-0.15, -0.1) is 0 Å². The highest BCUT2D eigenvalue weighted by Crippen LogP contribution is 2.36. The molecule has 0 aliphatic heterocycles. The summed E-state index contributed by atoms with van der Waals surface area (Å²) < 4.78 is 11.3. The number of hydrogen-bond acceptors (Lipinski definition) is 3. The van der Waals surface area contributed by atoms with Gasteiger partial charge in [0.1, 0.15) is 16.7 Å². The van der Waals surface area contributed by atoms with Gasteiger partial charge < -0.3 is 8.83 Å². The molecule has 3 nitrogen and oxygen atoms in total. The second-order valence-electron chi connectivity index (χ2n) is 5.13. The van der Waals surface area contributed by atoms with Gasteiger partial charge in [-0.05, 0) is 36.8 Å². The van der Waals surface area contributed by atoms with Crippen LogP contribution in [0.4, 0.5) is 0 Å². The quantitative estimate of drug-likeness (QED) is 0.456. The molecule has 0 saturated carbocycles. The van der Waals surface area contributed by atoms with Crippen molar-refractivity contribution in [2.45, 2.75) is 6.92 Å². The minimum absolute atomic E-state index is 0.402. The first-order valence-corrected chi connectivity index (χ1v) is 7.24. The number of furan rings is 1. The van der Waals surface area contributed by atoms with Crippen LogP contribution in [-0.4, -0.2) is 0 Å². The molecule has 0 N–H and O–H groups in total. The van der Waals surface area contributed by atoms with Crippen LogP contribution in [0.2, 0.25) is 5.02 Å². The summed E-state index contributed by atoms with van der Waals surface area (Å²) in [5.74, 6) is 0.668. The lowest BCUT2D eigenvalue weighted by atomic mass is 10.0. The summed E-state index contributed by atoms with van der Waals surface area (Å²) >= 11 is 6.07. The highest BCUT2D eigenvalue weighted by molar-refractivity contribution is 6.31. The molecule has 22 heavy (non-hydrogen) atoms. The monoisotopic (exact) mass is 310 g/mol. The van der Waals surface area contributed by atoms with Gasteiger partial charge in [-0.1, -0.05) is 35.9 Å². The fraction of sp³-hybridized carbons (Fsp3) is 0.0556. The van der Waals surface area contributed by atoms with Crippen LogP contribution in [0.15, 0.2) is 62.2 Å². The molecule has 2 aromatic heterocycles. The largest absolute Gasteiger partial charge is 0.460 e. The molecule has 0 fully saturated rings. The van der Waals surface area contributed by atoms with E-state index in [1.807, 2.05) is 43.3 Å². The van der Waals surface area contributed by atoms with Crippen molar-refractivity contribution in [2.75, 3.05) is 0 Å². The summed E-state index contributed by atoms with van der Waals surface area (Å²) in [6.45, 7) is 1.84. The molecule has 0 radical (unpaired) electrons. The van der Waals surface area contributed by atoms with E-state index in [-0.39, 0.29) is 0 Å². The fourth-order valence-corrected chi connectivity index (χ4v) is 3.01. The Morgan fingerprint density at radius 1 is 1.00 bits per heavy atom. The van der Waals surface area contributed by atoms with E-state index in [2.05, 4.69) is 0 Å². The first-order chi connectivity index (χ1) is 10.6. The lowest BCUT2D eigenvalue weighted by molar-refractivity contribution is 0.559. The van der Waals surface area contributed by atoms with Gasteiger partial charge in [0.05, 0.1) is 5.39 Å². The third-order valence-corrected chi connectivity index (χ3v) is 3.97. The Hall–Kier alpha value is -2.52. The zero-order valence-electron chi connectivity index (χ0n) is 11.7. The van der Waals surface area contributed by atoms with Crippen LogP contribution >= 0.6 is 11.6 Å². The average Bonchev–Trinajstić information content (AvgIpc) is 2.85. The molecule has 2 heterocycles. The van der Waals surface area contributed by atoms with Crippen LogP contribution in [0.25, 0.3) is 33.1 Å². The van der Waals surface area contributed by atoms with Gasteiger partial charge in [0.15, 0.2) is 5.58 Å². The van der Waals surface area contributed by atoms with Gasteiger partial charge in [0.25, 0.3) is 0 Å². The van der Waals surface area contributed by atoms with Crippen LogP contribution in [-0.2, 0) is 0 Å². The third-order valence-electron chi connectivity index (χ3n) is 3.74. The molecule has 0 bridgehead atoms. The number of rotatable bonds is 1. The first kappa shape index (κ1) is 13.2. The smallest absolute Gasteiger partial charge is 0.348 e. The van der Waals surface area contributed by atoms with E-state index in [1.54, 1.807) is 12.1 Å². The van der Waals surface area contributed by atoms with Crippen molar-refractivity contribution < 1.29 is 8.83 Å². The lowest BCUT2D eigenvalue weighted by Crippen LogP contribution is -1.99. The predicted octanol–water partition coefficient (Wildman–Crippen LogP) is 5.17. The lowest BCUT2D eigenvalue weighted by Gasteiger charge is -2.01. The molecule has 4 aromatic rings. The maximum Gasteiger partial charge on any atom is 0.348 e. The molecule has 0 atom stereocenters. The van der Waals surface area contributed by atoms with Crippen LogP contribution in [0, 0.1) is 6.92 Å². The number of hydrogen-bond donors (Lipinski definition) is 0. The van der Waals surface area contributed by atoms with Crippen LogP contribution in [0.1, 0.15) is 5.76 Å². The Balaban J connectivity index is 2.19. The summed E-state index contributed by atoms with van der Waals surface area (Å²) in [7, 11) is 0. The van der Waals surface area contributed by atoms with E-state index < -0.39 is 5.63 Å². The van der Waals surface area contributed by atoms with Crippen molar-refractivity contribution in [3.8, 4) is 11.1 Å². The molecule has 4 rings (SSSR count). The van der Waals surface area contributed by atoms with Crippen molar-refractivity contribution >= 4 is 33.5 Å². The van der Waals surface area contributed by atoms with Gasteiger partial charge in [0, 0.05) is 10.6 Å². The van der Waals surface area contributed by atoms with E-state index in [1.165, 1.54) is 0 Å². The Kier molecular flexibility index (Phi) is 2.84. The minimum Gasteiger partial charge on any atom is -0.460 e. The zero-order chi connectivity index (χ0) is 15.3. The van der Waals surface area contributed by atoms with E-state index in [0.29, 0.717) is 27.3 Å². The highest BCUT2D eigenvalue weighted by Gasteiger charge is 2.20. The molecule has 0 saturated heterocycles. The second kappa shape index (κ2) is 4.75. The van der Waals surface area contributed by atoms with Crippen molar-refractivity contribution in [3.05, 3.63) is 69.7 Å². The summed E-state index contributed by atoms with van der Waals surface area (Å²) in [6, 6.07) is 14.7. The number of para-hydroxylation sites is 1. The number of benzene rings is 2. The van der Waals surface area contributed by atoms with Gasteiger partial charge in [-0.25, -0.2) is 4.79 Å². The Bertz CT molecular complexity index is 1070. The number of fused-ring (bicyclic) bond motifs is 3. The van der Waals surface area contributed by atoms with E-state index in [4.69, 9.17) is 20.4 Å². The standard InChI is InChI=1S/C18H11ClO3/c1-10-15(11-5-4-6-12(19)9-11)16-17(21-10)13-7-2-3-8-14(13)22-18(16)20/h2-9H,1H3. The normalized spacial score (nSPS) is 11.4. The van der Waals surface area contributed by atoms with Crippen LogP contribution in [0.5, 0.6) is 0 Å². The molecular weight excluding hydrogens is 300 g/mol. The van der Waals surface area contributed by atoms with Gasteiger partial charge in [-0.3, -0.25) is 0 Å². The Morgan fingerprint density at radius 2 is 1.82 bits per heavy atom. The topological polar surface area (TPSA) is 43.4 Å². The van der Waals surface area contributed by atoms with Crippen molar-refractivity contribution in [1.82, 2.24) is 0 Å². The van der Waals surface area contributed by atoms with Gasteiger partial charge in [-0.2, -0.15) is 0 Å². The molecule has 4 heteroatoms. The highest BCUT2D eigenvalue weighted by atomic mass is 35.5. The van der Waals surface area contributed by atoms with Crippen molar-refractivity contribution in [1.29, 1.82) is 0 Å². The predicted molar refractivity (Wildman–Crippen MR) is 87.4 cm³/mol. The number of halogens is 1. The Labute approximate surface area is 130 Å². The van der Waals surface area contributed by atoms with Gasteiger partial charge >= 0.3 is 5.63 Å². The molecule has 0 unspecified atom stereocenters. The van der Waals surface area contributed by atoms with Crippen LogP contribution in [0.3, 0.4) is 0 Å². The van der Waals surface area contributed by atoms with Crippen molar-refractivity contribution in [3.63, 3.8) is 0 Å². The SMILES string of the molecule is Cc1oc2c(c1-c1cccc(Cl)c1)c(=O)oc1ccccc12. The van der Waals surface area contributed by atoms with Crippen LogP contribution < -0.4 is 5.63 Å². The minimum atomic E-state index is -0.402. The molecule has 0 aliphatic carbocycles. The summed E-state index contributed by atoms with van der Waals surface area (Å²) in [6.07, 6.45) is 0. The number of aryl methyl sites for hydroxylation is 1. The molecule has 108 valence electrons.